The number of nitrogens with zero attached hydrogens (tertiary/aromatic N) is 1. The van der Waals surface area contributed by atoms with E-state index in [0.29, 0.717) is 12.1 Å². The first kappa shape index (κ1) is 14.2. The van der Waals surface area contributed by atoms with E-state index in [9.17, 15) is 4.79 Å². The molecule has 3 rings (SSSR count). The lowest BCUT2D eigenvalue weighted by molar-refractivity contribution is 0.0946. The maximum atomic E-state index is 12.3. The number of thiophene rings is 1. The Bertz CT molecular complexity index is 760. The van der Waals surface area contributed by atoms with Gasteiger partial charge >= 0.3 is 0 Å². The molecule has 0 aliphatic rings. The maximum Gasteiger partial charge on any atom is 0.251 e. The number of hydrogen-bond acceptors (Lipinski definition) is 4. The van der Waals surface area contributed by atoms with Crippen molar-refractivity contribution in [2.45, 2.75) is 19.3 Å². The number of amides is 1. The van der Waals surface area contributed by atoms with Crippen molar-refractivity contribution in [2.75, 3.05) is 6.54 Å². The van der Waals surface area contributed by atoms with Crippen molar-refractivity contribution in [3.63, 3.8) is 0 Å². The van der Waals surface area contributed by atoms with E-state index >= 15 is 0 Å². The molecule has 0 radical (unpaired) electrons. The van der Waals surface area contributed by atoms with Crippen LogP contribution in [0, 0.1) is 0 Å². The van der Waals surface area contributed by atoms with Crippen molar-refractivity contribution in [2.24, 2.45) is 0 Å². The number of nitrogens with one attached hydrogen (secondary N) is 1. The lowest BCUT2D eigenvalue weighted by Gasteiger charge is -2.24. The molecule has 0 saturated heterocycles. The summed E-state index contributed by atoms with van der Waals surface area (Å²) in [5.74, 6) is -0.0337. The number of benzene rings is 1. The number of hydrogen-bond donors (Lipinski definition) is 1. The van der Waals surface area contributed by atoms with Gasteiger partial charge in [0.25, 0.3) is 5.91 Å². The summed E-state index contributed by atoms with van der Waals surface area (Å²) in [6.45, 7) is 4.90. The second-order valence-corrected chi connectivity index (χ2v) is 7.28. The lowest BCUT2D eigenvalue weighted by Crippen LogP contribution is -2.36. The molecule has 0 bridgehead atoms. The van der Waals surface area contributed by atoms with E-state index in [0.717, 1.165) is 10.2 Å². The first-order valence-corrected chi connectivity index (χ1v) is 8.53. The van der Waals surface area contributed by atoms with Crippen LogP contribution in [0.4, 0.5) is 0 Å². The predicted molar refractivity (Wildman–Crippen MR) is 89.3 cm³/mol. The largest absolute Gasteiger partial charge is 0.351 e. The highest BCUT2D eigenvalue weighted by atomic mass is 32.1. The highest BCUT2D eigenvalue weighted by molar-refractivity contribution is 7.16. The van der Waals surface area contributed by atoms with Crippen LogP contribution >= 0.6 is 22.7 Å². The minimum atomic E-state index is -0.0652. The van der Waals surface area contributed by atoms with Crippen LogP contribution in [-0.2, 0) is 5.41 Å². The molecule has 0 aliphatic carbocycles. The van der Waals surface area contributed by atoms with Gasteiger partial charge in [0.1, 0.15) is 0 Å². The first-order valence-electron chi connectivity index (χ1n) is 6.70. The normalized spacial score (nSPS) is 11.7. The van der Waals surface area contributed by atoms with E-state index in [1.165, 1.54) is 5.56 Å². The molecular weight excluding hydrogens is 300 g/mol. The Hall–Kier alpha value is -1.72. The maximum absolute atomic E-state index is 12.3. The third-order valence-corrected chi connectivity index (χ3v) is 5.06. The molecule has 0 atom stereocenters. The summed E-state index contributed by atoms with van der Waals surface area (Å²) in [5.41, 5.74) is 4.62. The van der Waals surface area contributed by atoms with Crippen LogP contribution in [0.3, 0.4) is 0 Å². The number of carbonyl (C=O) groups is 1. The summed E-state index contributed by atoms with van der Waals surface area (Å²) >= 11 is 3.23. The van der Waals surface area contributed by atoms with Crippen LogP contribution in [0.5, 0.6) is 0 Å². The average molecular weight is 316 g/mol. The van der Waals surface area contributed by atoms with E-state index in [2.05, 4.69) is 41.0 Å². The summed E-state index contributed by atoms with van der Waals surface area (Å²) in [7, 11) is 0. The Morgan fingerprint density at radius 3 is 2.95 bits per heavy atom. The molecule has 0 spiro atoms. The van der Waals surface area contributed by atoms with Crippen molar-refractivity contribution in [1.82, 2.24) is 10.3 Å². The van der Waals surface area contributed by atoms with Crippen molar-refractivity contribution in [3.8, 4) is 0 Å². The second-order valence-electron chi connectivity index (χ2n) is 5.61. The zero-order valence-corrected chi connectivity index (χ0v) is 13.6. The Labute approximate surface area is 131 Å². The van der Waals surface area contributed by atoms with Gasteiger partial charge in [0.2, 0.25) is 0 Å². The first-order chi connectivity index (χ1) is 10.1. The molecule has 2 heterocycles. The summed E-state index contributed by atoms with van der Waals surface area (Å²) in [4.78, 5) is 16.5. The molecule has 5 heteroatoms. The quantitative estimate of drug-likeness (QED) is 0.788. The van der Waals surface area contributed by atoms with E-state index in [4.69, 9.17) is 0 Å². The molecule has 2 aromatic heterocycles. The Kier molecular flexibility index (Phi) is 3.78. The number of fused-ring (bicyclic) bond motifs is 1. The van der Waals surface area contributed by atoms with Crippen molar-refractivity contribution in [1.29, 1.82) is 0 Å². The third kappa shape index (κ3) is 2.99. The van der Waals surface area contributed by atoms with Crippen LogP contribution in [0.2, 0.25) is 0 Å². The smallest absolute Gasteiger partial charge is 0.251 e. The topological polar surface area (TPSA) is 42.0 Å². The fraction of sp³-hybridized carbons (Fsp3) is 0.250. The summed E-state index contributed by atoms with van der Waals surface area (Å²) < 4.78 is 1.04. The van der Waals surface area contributed by atoms with E-state index in [1.807, 2.05) is 18.2 Å². The van der Waals surface area contributed by atoms with Gasteiger partial charge in [0.05, 0.1) is 15.7 Å². The Morgan fingerprint density at radius 1 is 1.33 bits per heavy atom. The van der Waals surface area contributed by atoms with Crippen LogP contribution in [-0.4, -0.2) is 17.4 Å². The molecule has 0 saturated carbocycles. The van der Waals surface area contributed by atoms with Gasteiger partial charge < -0.3 is 5.32 Å². The highest BCUT2D eigenvalue weighted by Gasteiger charge is 2.22. The van der Waals surface area contributed by atoms with Gasteiger partial charge in [-0.3, -0.25) is 4.79 Å². The zero-order chi connectivity index (χ0) is 14.9. The molecule has 108 valence electrons. The third-order valence-electron chi connectivity index (χ3n) is 3.59. The monoisotopic (exact) mass is 316 g/mol. The average Bonchev–Trinajstić information content (AvgIpc) is 3.14. The van der Waals surface area contributed by atoms with E-state index in [-0.39, 0.29) is 11.3 Å². The Morgan fingerprint density at radius 2 is 2.19 bits per heavy atom. The summed E-state index contributed by atoms with van der Waals surface area (Å²) in [6.07, 6.45) is 0. The molecule has 1 N–H and O–H groups in total. The van der Waals surface area contributed by atoms with Crippen molar-refractivity contribution < 1.29 is 4.79 Å². The SMILES string of the molecule is CC(C)(CNC(=O)c1ccc2ncsc2c1)c1ccsc1. The van der Waals surface area contributed by atoms with Crippen molar-refractivity contribution >= 4 is 38.8 Å². The van der Waals surface area contributed by atoms with E-state index in [1.54, 1.807) is 28.2 Å². The lowest BCUT2D eigenvalue weighted by atomic mass is 9.86. The molecule has 0 aliphatic heterocycles. The van der Waals surface area contributed by atoms with Gasteiger partial charge in [0, 0.05) is 17.5 Å². The molecule has 1 aromatic carbocycles. The minimum absolute atomic E-state index is 0.0337. The molecule has 21 heavy (non-hydrogen) atoms. The molecule has 1 amide bonds. The number of rotatable bonds is 4. The van der Waals surface area contributed by atoms with Crippen LogP contribution in [0.1, 0.15) is 29.8 Å². The van der Waals surface area contributed by atoms with Crippen LogP contribution in [0.25, 0.3) is 10.2 Å². The minimum Gasteiger partial charge on any atom is -0.351 e. The van der Waals surface area contributed by atoms with Crippen LogP contribution < -0.4 is 5.32 Å². The van der Waals surface area contributed by atoms with E-state index < -0.39 is 0 Å². The fourth-order valence-electron chi connectivity index (χ4n) is 2.15. The Balaban J connectivity index is 1.71. The van der Waals surface area contributed by atoms with Gasteiger partial charge in [-0.25, -0.2) is 4.98 Å². The summed E-state index contributed by atoms with van der Waals surface area (Å²) in [6, 6.07) is 7.74. The number of carbonyl (C=O) groups excluding carboxylic acids is 1. The van der Waals surface area contributed by atoms with Gasteiger partial charge in [-0.15, -0.1) is 11.3 Å². The number of aromatic nitrogens is 1. The van der Waals surface area contributed by atoms with Crippen LogP contribution in [0.15, 0.2) is 40.5 Å². The van der Waals surface area contributed by atoms with Gasteiger partial charge in [-0.1, -0.05) is 13.8 Å². The summed E-state index contributed by atoms with van der Waals surface area (Å²) in [5, 5.41) is 7.23. The predicted octanol–water partition coefficient (Wildman–Crippen LogP) is 4.07. The number of thiazole rings is 1. The van der Waals surface area contributed by atoms with Gasteiger partial charge in [0.15, 0.2) is 0 Å². The second kappa shape index (κ2) is 5.58. The molecular formula is C16H16N2OS2. The fourth-order valence-corrected chi connectivity index (χ4v) is 3.72. The van der Waals surface area contributed by atoms with Crippen molar-refractivity contribution in [3.05, 3.63) is 51.7 Å². The molecule has 3 aromatic rings. The highest BCUT2D eigenvalue weighted by Crippen LogP contribution is 2.25. The zero-order valence-electron chi connectivity index (χ0n) is 11.9. The molecule has 0 fully saturated rings. The molecule has 3 nitrogen and oxygen atoms in total. The van der Waals surface area contributed by atoms with Gasteiger partial charge in [-0.05, 0) is 40.6 Å². The molecule has 0 unspecified atom stereocenters. The standard InChI is InChI=1S/C16H16N2OS2/c1-16(2,12-5-6-20-8-12)9-17-15(19)11-3-4-13-14(7-11)21-10-18-13/h3-8,10H,9H2,1-2H3,(H,17,19). The van der Waals surface area contributed by atoms with Gasteiger partial charge in [-0.2, -0.15) is 11.3 Å².